The van der Waals surface area contributed by atoms with Gasteiger partial charge in [0.1, 0.15) is 5.82 Å². The summed E-state index contributed by atoms with van der Waals surface area (Å²) in [5.74, 6) is 0.166. The van der Waals surface area contributed by atoms with Gasteiger partial charge in [-0.1, -0.05) is 19.1 Å². The molecule has 3 nitrogen and oxygen atoms in total. The fraction of sp³-hybridized carbons (Fsp3) is 0.533. The molecule has 0 saturated carbocycles. The van der Waals surface area contributed by atoms with E-state index in [0.29, 0.717) is 12.4 Å². The summed E-state index contributed by atoms with van der Waals surface area (Å²) >= 11 is 6.06. The van der Waals surface area contributed by atoms with Crippen LogP contribution in [0.1, 0.15) is 31.4 Å². The Labute approximate surface area is 123 Å². The molecule has 1 amide bonds. The molecule has 1 aromatic rings. The molecule has 108 valence electrons. The molecule has 0 aromatic heterocycles. The smallest absolute Gasteiger partial charge is 0.246 e. The van der Waals surface area contributed by atoms with E-state index in [0.717, 1.165) is 24.9 Å². The molecule has 2 atom stereocenters. The standard InChI is InChI=1S/C15H18ClFN2O/c1-2-15(9-16)10-18-7-6-13(19(18)14(15)20)11-4-3-5-12(17)8-11/h3-5,8,13H,2,6-7,9-10H2,1H3/t13-,15?/m0/s1. The second-order valence-electron chi connectivity index (χ2n) is 5.66. The van der Waals surface area contributed by atoms with Gasteiger partial charge in [-0.25, -0.2) is 9.40 Å². The van der Waals surface area contributed by atoms with Gasteiger partial charge in [0.2, 0.25) is 5.91 Å². The maximum absolute atomic E-state index is 13.4. The molecule has 1 unspecified atom stereocenters. The zero-order valence-electron chi connectivity index (χ0n) is 11.5. The van der Waals surface area contributed by atoms with Crippen LogP contribution in [0, 0.1) is 11.2 Å². The molecule has 2 fully saturated rings. The molecule has 5 heteroatoms. The Balaban J connectivity index is 1.92. The zero-order chi connectivity index (χ0) is 14.3. The molecule has 3 rings (SSSR count). The Kier molecular flexibility index (Phi) is 3.46. The SMILES string of the molecule is CCC1(CCl)CN2CC[C@@H](c3cccc(F)c3)N2C1=O. The summed E-state index contributed by atoms with van der Waals surface area (Å²) in [4.78, 5) is 12.7. The lowest BCUT2D eigenvalue weighted by molar-refractivity contribution is -0.142. The number of carbonyl (C=O) groups excluding carboxylic acids is 1. The minimum absolute atomic E-state index is 0.0603. The Bertz CT molecular complexity index is 532. The third-order valence-electron chi connectivity index (χ3n) is 4.57. The number of benzene rings is 1. The van der Waals surface area contributed by atoms with Crippen LogP contribution in [-0.4, -0.2) is 34.9 Å². The number of hydrogen-bond acceptors (Lipinski definition) is 2. The molecule has 20 heavy (non-hydrogen) atoms. The van der Waals surface area contributed by atoms with Gasteiger partial charge in [0.05, 0.1) is 11.5 Å². The van der Waals surface area contributed by atoms with Crippen LogP contribution < -0.4 is 0 Å². The number of nitrogens with zero attached hydrogens (tertiary/aromatic N) is 2. The Morgan fingerprint density at radius 3 is 2.95 bits per heavy atom. The lowest BCUT2D eigenvalue weighted by Crippen LogP contribution is -2.38. The molecule has 0 N–H and O–H groups in total. The predicted octanol–water partition coefficient (Wildman–Crippen LogP) is 2.96. The van der Waals surface area contributed by atoms with E-state index in [9.17, 15) is 9.18 Å². The highest BCUT2D eigenvalue weighted by molar-refractivity contribution is 6.20. The van der Waals surface area contributed by atoms with Crippen LogP contribution >= 0.6 is 11.6 Å². The maximum atomic E-state index is 13.4. The third-order valence-corrected chi connectivity index (χ3v) is 5.09. The van der Waals surface area contributed by atoms with Gasteiger partial charge in [-0.3, -0.25) is 9.80 Å². The van der Waals surface area contributed by atoms with E-state index in [1.165, 1.54) is 12.1 Å². The van der Waals surface area contributed by atoms with Crippen LogP contribution in [0.4, 0.5) is 4.39 Å². The number of halogens is 2. The number of amides is 1. The minimum atomic E-state index is -0.479. The van der Waals surface area contributed by atoms with Gasteiger partial charge in [0.15, 0.2) is 0 Å². The first-order chi connectivity index (χ1) is 9.61. The minimum Gasteiger partial charge on any atom is -0.273 e. The number of alkyl halides is 1. The lowest BCUT2D eigenvalue weighted by Gasteiger charge is -2.27. The zero-order valence-corrected chi connectivity index (χ0v) is 12.2. The van der Waals surface area contributed by atoms with Gasteiger partial charge in [-0.15, -0.1) is 11.6 Å². The van der Waals surface area contributed by atoms with E-state index in [4.69, 9.17) is 11.6 Å². The topological polar surface area (TPSA) is 23.6 Å². The summed E-state index contributed by atoms with van der Waals surface area (Å²) in [7, 11) is 0. The van der Waals surface area contributed by atoms with E-state index in [1.807, 2.05) is 13.0 Å². The second-order valence-corrected chi connectivity index (χ2v) is 5.93. The normalized spacial score (nSPS) is 30.1. The van der Waals surface area contributed by atoms with Crippen LogP contribution in [0.2, 0.25) is 0 Å². The van der Waals surface area contributed by atoms with Crippen molar-refractivity contribution in [1.29, 1.82) is 0 Å². The van der Waals surface area contributed by atoms with Gasteiger partial charge in [-0.2, -0.15) is 0 Å². The number of carbonyl (C=O) groups is 1. The molecule has 2 heterocycles. The molecule has 0 radical (unpaired) electrons. The molecule has 2 aliphatic rings. The first-order valence-corrected chi connectivity index (χ1v) is 7.55. The van der Waals surface area contributed by atoms with Crippen molar-refractivity contribution >= 4 is 17.5 Å². The summed E-state index contributed by atoms with van der Waals surface area (Å²) < 4.78 is 13.4. The van der Waals surface area contributed by atoms with Crippen molar-refractivity contribution in [3.63, 3.8) is 0 Å². The molecule has 2 aliphatic heterocycles. The Morgan fingerprint density at radius 1 is 1.50 bits per heavy atom. The highest BCUT2D eigenvalue weighted by Crippen LogP contribution is 2.44. The van der Waals surface area contributed by atoms with Crippen molar-refractivity contribution in [2.24, 2.45) is 5.41 Å². The molecular formula is C15H18ClFN2O. The van der Waals surface area contributed by atoms with E-state index in [2.05, 4.69) is 5.01 Å². The summed E-state index contributed by atoms with van der Waals surface area (Å²) in [6.07, 6.45) is 1.58. The van der Waals surface area contributed by atoms with Crippen molar-refractivity contribution in [2.45, 2.75) is 25.8 Å². The van der Waals surface area contributed by atoms with Gasteiger partial charge in [-0.05, 0) is 30.5 Å². The monoisotopic (exact) mass is 296 g/mol. The molecule has 0 aliphatic carbocycles. The van der Waals surface area contributed by atoms with Crippen LogP contribution in [0.25, 0.3) is 0 Å². The van der Waals surface area contributed by atoms with Crippen LogP contribution in [0.5, 0.6) is 0 Å². The van der Waals surface area contributed by atoms with Crippen LogP contribution in [0.15, 0.2) is 24.3 Å². The number of hydrazine groups is 1. The van der Waals surface area contributed by atoms with Crippen LogP contribution in [-0.2, 0) is 4.79 Å². The van der Waals surface area contributed by atoms with Gasteiger partial charge in [0, 0.05) is 19.0 Å². The largest absolute Gasteiger partial charge is 0.273 e. The summed E-state index contributed by atoms with van der Waals surface area (Å²) in [6.45, 7) is 3.50. The Hall–Kier alpha value is -1.13. The first-order valence-electron chi connectivity index (χ1n) is 7.01. The maximum Gasteiger partial charge on any atom is 0.246 e. The average Bonchev–Trinajstić information content (AvgIpc) is 2.98. The quantitative estimate of drug-likeness (QED) is 0.801. The van der Waals surface area contributed by atoms with Crippen molar-refractivity contribution in [2.75, 3.05) is 19.0 Å². The number of fused-ring (bicyclic) bond motifs is 1. The second kappa shape index (κ2) is 5.01. The van der Waals surface area contributed by atoms with E-state index >= 15 is 0 Å². The van der Waals surface area contributed by atoms with Gasteiger partial charge in [0.25, 0.3) is 0 Å². The van der Waals surface area contributed by atoms with Gasteiger partial charge < -0.3 is 0 Å². The van der Waals surface area contributed by atoms with E-state index < -0.39 is 5.41 Å². The highest BCUT2D eigenvalue weighted by atomic mass is 35.5. The third kappa shape index (κ3) is 1.93. The lowest BCUT2D eigenvalue weighted by atomic mass is 9.86. The van der Waals surface area contributed by atoms with Crippen molar-refractivity contribution in [3.8, 4) is 0 Å². The number of rotatable bonds is 3. The highest BCUT2D eigenvalue weighted by Gasteiger charge is 2.53. The van der Waals surface area contributed by atoms with Gasteiger partial charge >= 0.3 is 0 Å². The molecule has 1 aromatic carbocycles. The van der Waals surface area contributed by atoms with Crippen molar-refractivity contribution < 1.29 is 9.18 Å². The fourth-order valence-electron chi connectivity index (χ4n) is 3.26. The van der Waals surface area contributed by atoms with Crippen molar-refractivity contribution in [3.05, 3.63) is 35.6 Å². The summed E-state index contributed by atoms with van der Waals surface area (Å²) in [5.41, 5.74) is 0.385. The van der Waals surface area contributed by atoms with Crippen molar-refractivity contribution in [1.82, 2.24) is 10.0 Å². The average molecular weight is 297 g/mol. The van der Waals surface area contributed by atoms with E-state index in [1.54, 1.807) is 11.1 Å². The first kappa shape index (κ1) is 13.8. The molecule has 2 saturated heterocycles. The predicted molar refractivity (Wildman–Crippen MR) is 75.6 cm³/mol. The fourth-order valence-corrected chi connectivity index (χ4v) is 3.65. The summed E-state index contributed by atoms with van der Waals surface area (Å²) in [5, 5.41) is 3.88. The molecule has 0 spiro atoms. The number of hydrogen-bond donors (Lipinski definition) is 0. The van der Waals surface area contributed by atoms with E-state index in [-0.39, 0.29) is 17.8 Å². The molecule has 0 bridgehead atoms. The summed E-state index contributed by atoms with van der Waals surface area (Å²) in [6, 6.07) is 6.47. The Morgan fingerprint density at radius 2 is 2.30 bits per heavy atom. The van der Waals surface area contributed by atoms with Crippen LogP contribution in [0.3, 0.4) is 0 Å². The molecular weight excluding hydrogens is 279 g/mol.